The van der Waals surface area contributed by atoms with Gasteiger partial charge >= 0.3 is 12.1 Å². The van der Waals surface area contributed by atoms with Crippen molar-refractivity contribution in [1.29, 1.82) is 0 Å². The zero-order valence-corrected chi connectivity index (χ0v) is 16.6. The SMILES string of the molecule is COc1ccc(Br)c(OC(=O)OC(C)(C)C)c1C(=O)OC(C)(C)C. The summed E-state index contributed by atoms with van der Waals surface area (Å²) in [4.78, 5) is 24.5. The molecule has 0 heterocycles. The van der Waals surface area contributed by atoms with Crippen LogP contribution >= 0.6 is 15.9 Å². The van der Waals surface area contributed by atoms with E-state index in [0.29, 0.717) is 4.47 Å². The van der Waals surface area contributed by atoms with E-state index >= 15 is 0 Å². The Kier molecular flexibility index (Phi) is 6.27. The fourth-order valence-corrected chi connectivity index (χ4v) is 2.10. The fraction of sp³-hybridized carbons (Fsp3) is 0.529. The van der Waals surface area contributed by atoms with Crippen molar-refractivity contribution in [3.05, 3.63) is 22.2 Å². The smallest absolute Gasteiger partial charge is 0.496 e. The zero-order chi connectivity index (χ0) is 18.7. The van der Waals surface area contributed by atoms with Crippen LogP contribution in [0.15, 0.2) is 16.6 Å². The average molecular weight is 403 g/mol. The molecule has 0 radical (unpaired) electrons. The molecule has 1 aromatic carbocycles. The Bertz CT molecular complexity index is 625. The van der Waals surface area contributed by atoms with Gasteiger partial charge in [-0.1, -0.05) is 0 Å². The number of rotatable bonds is 3. The first kappa shape index (κ1) is 20.3. The first-order valence-corrected chi connectivity index (χ1v) is 8.14. The average Bonchev–Trinajstić information content (AvgIpc) is 2.36. The lowest BCUT2D eigenvalue weighted by Gasteiger charge is -2.23. The second kappa shape index (κ2) is 7.42. The van der Waals surface area contributed by atoms with Gasteiger partial charge in [-0.3, -0.25) is 0 Å². The molecule has 1 aromatic rings. The molecular weight excluding hydrogens is 380 g/mol. The molecule has 0 N–H and O–H groups in total. The third-order valence-electron chi connectivity index (χ3n) is 2.47. The lowest BCUT2D eigenvalue weighted by atomic mass is 10.1. The molecule has 0 spiro atoms. The summed E-state index contributed by atoms with van der Waals surface area (Å²) in [6, 6.07) is 3.18. The van der Waals surface area contributed by atoms with Crippen molar-refractivity contribution in [2.75, 3.05) is 7.11 Å². The summed E-state index contributed by atoms with van der Waals surface area (Å²) in [5.41, 5.74) is -1.44. The van der Waals surface area contributed by atoms with Crippen LogP contribution in [0.4, 0.5) is 4.79 Å². The molecule has 134 valence electrons. The molecule has 1 rings (SSSR count). The molecule has 0 aliphatic heterocycles. The predicted molar refractivity (Wildman–Crippen MR) is 92.7 cm³/mol. The molecule has 0 amide bonds. The van der Waals surface area contributed by atoms with Crippen molar-refractivity contribution < 1.29 is 28.5 Å². The standard InChI is InChI=1S/C17H23BrO6/c1-16(2,3)23-14(19)12-11(21-7)9-8-10(18)13(12)22-15(20)24-17(4,5)6/h8-9H,1-7H3. The Labute approximate surface area is 150 Å². The number of esters is 1. The minimum atomic E-state index is -0.929. The summed E-state index contributed by atoms with van der Waals surface area (Å²) in [5.74, 6) is -0.455. The van der Waals surface area contributed by atoms with Crippen LogP contribution in [0.25, 0.3) is 0 Å². The number of carbonyl (C=O) groups is 2. The summed E-state index contributed by atoms with van der Waals surface area (Å²) in [7, 11) is 1.41. The Morgan fingerprint density at radius 1 is 0.958 bits per heavy atom. The molecule has 0 atom stereocenters. The molecule has 0 saturated carbocycles. The second-order valence-corrected chi connectivity index (χ2v) is 7.88. The molecule has 0 aliphatic carbocycles. The van der Waals surface area contributed by atoms with E-state index in [1.54, 1.807) is 53.7 Å². The number of hydrogen-bond acceptors (Lipinski definition) is 6. The molecule has 0 unspecified atom stereocenters. The third kappa shape index (κ3) is 6.03. The van der Waals surface area contributed by atoms with Gasteiger partial charge in [-0.05, 0) is 69.6 Å². The van der Waals surface area contributed by atoms with Gasteiger partial charge in [0.1, 0.15) is 22.5 Å². The van der Waals surface area contributed by atoms with Crippen molar-refractivity contribution in [3.63, 3.8) is 0 Å². The van der Waals surface area contributed by atoms with Crippen LogP contribution in [-0.4, -0.2) is 30.4 Å². The molecule has 7 heteroatoms. The molecule has 0 bridgehead atoms. The molecule has 0 aliphatic rings. The number of halogens is 1. The number of methoxy groups -OCH3 is 1. The summed E-state index contributed by atoms with van der Waals surface area (Å²) >= 11 is 3.27. The van der Waals surface area contributed by atoms with Gasteiger partial charge in [-0.25, -0.2) is 9.59 Å². The highest BCUT2D eigenvalue weighted by atomic mass is 79.9. The van der Waals surface area contributed by atoms with Crippen LogP contribution in [0, 0.1) is 0 Å². The maximum Gasteiger partial charge on any atom is 0.514 e. The zero-order valence-electron chi connectivity index (χ0n) is 15.0. The highest BCUT2D eigenvalue weighted by Gasteiger charge is 2.29. The summed E-state index contributed by atoms with van der Waals surface area (Å²) in [5, 5.41) is 0. The van der Waals surface area contributed by atoms with Gasteiger partial charge in [-0.2, -0.15) is 0 Å². The highest BCUT2D eigenvalue weighted by molar-refractivity contribution is 9.10. The molecule has 0 saturated heterocycles. The largest absolute Gasteiger partial charge is 0.514 e. The van der Waals surface area contributed by atoms with E-state index in [0.717, 1.165) is 0 Å². The maximum absolute atomic E-state index is 12.5. The Balaban J connectivity index is 3.28. The van der Waals surface area contributed by atoms with E-state index in [4.69, 9.17) is 18.9 Å². The van der Waals surface area contributed by atoms with Crippen molar-refractivity contribution in [1.82, 2.24) is 0 Å². The van der Waals surface area contributed by atoms with E-state index in [9.17, 15) is 9.59 Å². The number of ether oxygens (including phenoxy) is 4. The quantitative estimate of drug-likeness (QED) is 0.537. The van der Waals surface area contributed by atoms with Gasteiger partial charge in [-0.15, -0.1) is 0 Å². The highest BCUT2D eigenvalue weighted by Crippen LogP contribution is 2.37. The summed E-state index contributed by atoms with van der Waals surface area (Å²) in [6.45, 7) is 10.4. The van der Waals surface area contributed by atoms with Crippen LogP contribution in [0.2, 0.25) is 0 Å². The Morgan fingerprint density at radius 2 is 1.50 bits per heavy atom. The Hall–Kier alpha value is -1.76. The van der Waals surface area contributed by atoms with E-state index in [1.165, 1.54) is 7.11 Å². The van der Waals surface area contributed by atoms with Gasteiger partial charge in [0.15, 0.2) is 5.75 Å². The molecular formula is C17H23BrO6. The first-order chi connectivity index (χ1) is 10.8. The van der Waals surface area contributed by atoms with Crippen molar-refractivity contribution in [3.8, 4) is 11.5 Å². The van der Waals surface area contributed by atoms with E-state index in [-0.39, 0.29) is 17.1 Å². The van der Waals surface area contributed by atoms with Crippen LogP contribution in [-0.2, 0) is 9.47 Å². The summed E-state index contributed by atoms with van der Waals surface area (Å²) < 4.78 is 21.3. The number of carbonyl (C=O) groups excluding carboxylic acids is 2. The van der Waals surface area contributed by atoms with Crippen LogP contribution in [0.3, 0.4) is 0 Å². The van der Waals surface area contributed by atoms with Crippen LogP contribution < -0.4 is 9.47 Å². The fourth-order valence-electron chi connectivity index (χ4n) is 1.69. The lowest BCUT2D eigenvalue weighted by Crippen LogP contribution is -2.27. The predicted octanol–water partition coefficient (Wildman–Crippen LogP) is 4.73. The molecule has 0 fully saturated rings. The molecule has 0 aromatic heterocycles. The molecule has 6 nitrogen and oxygen atoms in total. The van der Waals surface area contributed by atoms with Gasteiger partial charge in [0.05, 0.1) is 11.6 Å². The number of benzene rings is 1. The maximum atomic E-state index is 12.5. The van der Waals surface area contributed by atoms with E-state index in [1.807, 2.05) is 0 Å². The van der Waals surface area contributed by atoms with Crippen molar-refractivity contribution in [2.45, 2.75) is 52.7 Å². The minimum absolute atomic E-state index is 0.00709. The normalized spacial score (nSPS) is 11.7. The van der Waals surface area contributed by atoms with Gasteiger partial charge in [0, 0.05) is 0 Å². The van der Waals surface area contributed by atoms with E-state index < -0.39 is 23.3 Å². The summed E-state index contributed by atoms with van der Waals surface area (Å²) in [6.07, 6.45) is -0.929. The first-order valence-electron chi connectivity index (χ1n) is 7.35. The topological polar surface area (TPSA) is 71.1 Å². The second-order valence-electron chi connectivity index (χ2n) is 7.02. The number of hydrogen-bond donors (Lipinski definition) is 0. The van der Waals surface area contributed by atoms with Gasteiger partial charge in [0.25, 0.3) is 0 Å². The van der Waals surface area contributed by atoms with Gasteiger partial charge in [0.2, 0.25) is 0 Å². The van der Waals surface area contributed by atoms with Crippen LogP contribution in [0.5, 0.6) is 11.5 Å². The monoisotopic (exact) mass is 402 g/mol. The van der Waals surface area contributed by atoms with Crippen molar-refractivity contribution >= 4 is 28.1 Å². The Morgan fingerprint density at radius 3 is 1.96 bits per heavy atom. The third-order valence-corrected chi connectivity index (χ3v) is 3.09. The van der Waals surface area contributed by atoms with Gasteiger partial charge < -0.3 is 18.9 Å². The molecule has 24 heavy (non-hydrogen) atoms. The van der Waals surface area contributed by atoms with Crippen molar-refractivity contribution in [2.24, 2.45) is 0 Å². The van der Waals surface area contributed by atoms with Crippen LogP contribution in [0.1, 0.15) is 51.9 Å². The minimum Gasteiger partial charge on any atom is -0.496 e. The van der Waals surface area contributed by atoms with E-state index in [2.05, 4.69) is 15.9 Å². The lowest BCUT2D eigenvalue weighted by molar-refractivity contribution is 0.00574.